The molecule has 2 aromatic rings. The second-order valence-electron chi connectivity index (χ2n) is 3.96. The van der Waals surface area contributed by atoms with Crippen molar-refractivity contribution in [3.63, 3.8) is 0 Å². The summed E-state index contributed by atoms with van der Waals surface area (Å²) in [6, 6.07) is 8.42. The predicted molar refractivity (Wildman–Crippen MR) is 66.2 cm³/mol. The number of aromatic nitrogens is 1. The summed E-state index contributed by atoms with van der Waals surface area (Å²) in [7, 11) is 1.82. The van der Waals surface area contributed by atoms with E-state index in [9.17, 15) is 9.90 Å². The number of amides is 1. The number of phenols is 1. The maximum absolute atomic E-state index is 11.9. The van der Waals surface area contributed by atoms with Gasteiger partial charge in [0.1, 0.15) is 11.4 Å². The van der Waals surface area contributed by atoms with Gasteiger partial charge in [-0.15, -0.1) is 0 Å². The quantitative estimate of drug-likeness (QED) is 0.778. The lowest BCUT2D eigenvalue weighted by atomic mass is 10.2. The molecular formula is C13H14N2O2. The Morgan fingerprint density at radius 1 is 1.35 bits per heavy atom. The van der Waals surface area contributed by atoms with Gasteiger partial charge in [-0.1, -0.05) is 0 Å². The molecule has 0 radical (unpaired) electrons. The Balaban J connectivity index is 2.22. The van der Waals surface area contributed by atoms with Crippen molar-refractivity contribution in [3.8, 4) is 5.75 Å². The highest BCUT2D eigenvalue weighted by atomic mass is 16.3. The highest BCUT2D eigenvalue weighted by molar-refractivity contribution is 6.03. The molecule has 0 bridgehead atoms. The van der Waals surface area contributed by atoms with Crippen molar-refractivity contribution in [2.24, 2.45) is 7.05 Å². The molecule has 0 saturated heterocycles. The number of nitrogens with one attached hydrogen (secondary N) is 1. The van der Waals surface area contributed by atoms with Crippen LogP contribution in [0.25, 0.3) is 0 Å². The van der Waals surface area contributed by atoms with Crippen molar-refractivity contribution in [2.45, 2.75) is 6.92 Å². The predicted octanol–water partition coefficient (Wildman–Crippen LogP) is 2.29. The normalized spacial score (nSPS) is 10.2. The molecule has 1 aromatic heterocycles. The summed E-state index contributed by atoms with van der Waals surface area (Å²) in [5.41, 5.74) is 2.12. The second-order valence-corrected chi connectivity index (χ2v) is 3.96. The lowest BCUT2D eigenvalue weighted by Crippen LogP contribution is -2.15. The molecule has 0 atom stereocenters. The molecule has 0 aliphatic rings. The van der Waals surface area contributed by atoms with Crippen LogP contribution in [0.5, 0.6) is 5.75 Å². The molecule has 0 fully saturated rings. The van der Waals surface area contributed by atoms with Crippen LogP contribution in [0.3, 0.4) is 0 Å². The Hall–Kier alpha value is -2.23. The first-order chi connectivity index (χ1) is 8.08. The number of carbonyl (C=O) groups is 1. The van der Waals surface area contributed by atoms with Crippen LogP contribution in [0.2, 0.25) is 0 Å². The molecule has 0 saturated carbocycles. The Labute approximate surface area is 99.5 Å². The third-order valence-corrected chi connectivity index (χ3v) is 2.63. The van der Waals surface area contributed by atoms with E-state index in [-0.39, 0.29) is 11.7 Å². The first-order valence-electron chi connectivity index (χ1n) is 5.30. The number of nitrogens with zero attached hydrogens (tertiary/aromatic N) is 1. The van der Waals surface area contributed by atoms with E-state index in [4.69, 9.17) is 0 Å². The standard InChI is InChI=1S/C13H14N2O2/c1-9-8-10(16)5-6-11(9)14-13(17)12-4-3-7-15(12)2/h3-8,16H,1-2H3,(H,14,17). The van der Waals surface area contributed by atoms with Crippen molar-refractivity contribution < 1.29 is 9.90 Å². The average Bonchev–Trinajstić information content (AvgIpc) is 2.68. The number of phenolic OH excluding ortho intramolecular Hbond substituents is 1. The van der Waals surface area contributed by atoms with Gasteiger partial charge < -0.3 is 15.0 Å². The first-order valence-corrected chi connectivity index (χ1v) is 5.30. The summed E-state index contributed by atoms with van der Waals surface area (Å²) < 4.78 is 1.76. The van der Waals surface area contributed by atoms with Gasteiger partial charge in [-0.25, -0.2) is 0 Å². The minimum atomic E-state index is -0.161. The summed E-state index contributed by atoms with van der Waals surface area (Å²) in [6.07, 6.45) is 1.82. The number of benzene rings is 1. The average molecular weight is 230 g/mol. The second kappa shape index (κ2) is 4.33. The fourth-order valence-corrected chi connectivity index (χ4v) is 1.67. The molecule has 0 spiro atoms. The van der Waals surface area contributed by atoms with Crippen molar-refractivity contribution >= 4 is 11.6 Å². The van der Waals surface area contributed by atoms with Crippen LogP contribution >= 0.6 is 0 Å². The number of hydrogen-bond donors (Lipinski definition) is 2. The fourth-order valence-electron chi connectivity index (χ4n) is 1.67. The third-order valence-electron chi connectivity index (χ3n) is 2.63. The summed E-state index contributed by atoms with van der Waals surface area (Å²) in [5.74, 6) is 0.0330. The molecule has 0 aliphatic heterocycles. The SMILES string of the molecule is Cc1cc(O)ccc1NC(=O)c1cccn1C. The largest absolute Gasteiger partial charge is 0.508 e. The zero-order valence-corrected chi connectivity index (χ0v) is 9.77. The molecule has 1 aromatic carbocycles. The van der Waals surface area contributed by atoms with Crippen LogP contribution in [-0.4, -0.2) is 15.6 Å². The molecule has 1 amide bonds. The van der Waals surface area contributed by atoms with Gasteiger partial charge in [0.2, 0.25) is 0 Å². The molecule has 2 N–H and O–H groups in total. The number of rotatable bonds is 2. The Kier molecular flexibility index (Phi) is 2.87. The van der Waals surface area contributed by atoms with Crippen LogP contribution in [0.4, 0.5) is 5.69 Å². The number of aromatic hydroxyl groups is 1. The molecule has 1 heterocycles. The Morgan fingerprint density at radius 3 is 2.71 bits per heavy atom. The lowest BCUT2D eigenvalue weighted by molar-refractivity contribution is 0.101. The Bertz CT molecular complexity index is 558. The van der Waals surface area contributed by atoms with E-state index in [0.29, 0.717) is 11.4 Å². The molecule has 0 aliphatic carbocycles. The van der Waals surface area contributed by atoms with E-state index in [1.165, 1.54) is 0 Å². The number of aryl methyl sites for hydroxylation is 2. The molecule has 4 nitrogen and oxygen atoms in total. The van der Waals surface area contributed by atoms with E-state index in [1.54, 1.807) is 28.8 Å². The van der Waals surface area contributed by atoms with Crippen molar-refractivity contribution in [3.05, 3.63) is 47.8 Å². The van der Waals surface area contributed by atoms with E-state index in [2.05, 4.69) is 5.32 Å². The first kappa shape index (κ1) is 11.3. The Morgan fingerprint density at radius 2 is 2.12 bits per heavy atom. The summed E-state index contributed by atoms with van der Waals surface area (Å²) in [4.78, 5) is 11.9. The van der Waals surface area contributed by atoms with Crippen LogP contribution < -0.4 is 5.32 Å². The van der Waals surface area contributed by atoms with E-state index in [0.717, 1.165) is 5.56 Å². The van der Waals surface area contributed by atoms with Crippen molar-refractivity contribution in [2.75, 3.05) is 5.32 Å². The summed E-state index contributed by atoms with van der Waals surface area (Å²) in [6.45, 7) is 1.83. The topological polar surface area (TPSA) is 54.3 Å². The van der Waals surface area contributed by atoms with Crippen LogP contribution in [0.1, 0.15) is 16.1 Å². The summed E-state index contributed by atoms with van der Waals surface area (Å²) >= 11 is 0. The summed E-state index contributed by atoms with van der Waals surface area (Å²) in [5, 5.41) is 12.1. The maximum Gasteiger partial charge on any atom is 0.272 e. The zero-order chi connectivity index (χ0) is 12.4. The van der Waals surface area contributed by atoms with Crippen molar-refractivity contribution in [1.82, 2.24) is 4.57 Å². The van der Waals surface area contributed by atoms with Gasteiger partial charge in [0.05, 0.1) is 0 Å². The smallest absolute Gasteiger partial charge is 0.272 e. The van der Waals surface area contributed by atoms with Gasteiger partial charge in [0.25, 0.3) is 5.91 Å². The number of anilines is 1. The van der Waals surface area contributed by atoms with Gasteiger partial charge in [-0.05, 0) is 42.8 Å². The van der Waals surface area contributed by atoms with Gasteiger partial charge in [-0.3, -0.25) is 4.79 Å². The molecule has 4 heteroatoms. The van der Waals surface area contributed by atoms with E-state index in [1.807, 2.05) is 26.2 Å². The molecule has 2 rings (SSSR count). The van der Waals surface area contributed by atoms with Crippen LogP contribution in [0.15, 0.2) is 36.5 Å². The minimum absolute atomic E-state index is 0.161. The molecule has 0 unspecified atom stereocenters. The zero-order valence-electron chi connectivity index (χ0n) is 9.77. The monoisotopic (exact) mass is 230 g/mol. The lowest BCUT2D eigenvalue weighted by Gasteiger charge is -2.09. The minimum Gasteiger partial charge on any atom is -0.508 e. The third kappa shape index (κ3) is 2.30. The highest BCUT2D eigenvalue weighted by Crippen LogP contribution is 2.20. The molecular weight excluding hydrogens is 216 g/mol. The van der Waals surface area contributed by atoms with Gasteiger partial charge in [0, 0.05) is 18.9 Å². The molecule has 88 valence electrons. The van der Waals surface area contributed by atoms with Gasteiger partial charge in [0.15, 0.2) is 0 Å². The van der Waals surface area contributed by atoms with E-state index >= 15 is 0 Å². The van der Waals surface area contributed by atoms with Crippen LogP contribution in [0, 0.1) is 6.92 Å². The number of hydrogen-bond acceptors (Lipinski definition) is 2. The maximum atomic E-state index is 11.9. The van der Waals surface area contributed by atoms with Gasteiger partial charge >= 0.3 is 0 Å². The highest BCUT2D eigenvalue weighted by Gasteiger charge is 2.10. The fraction of sp³-hybridized carbons (Fsp3) is 0.154. The molecule has 17 heavy (non-hydrogen) atoms. The van der Waals surface area contributed by atoms with Crippen LogP contribution in [-0.2, 0) is 7.05 Å². The van der Waals surface area contributed by atoms with Crippen molar-refractivity contribution in [1.29, 1.82) is 0 Å². The van der Waals surface area contributed by atoms with E-state index < -0.39 is 0 Å². The van der Waals surface area contributed by atoms with Gasteiger partial charge in [-0.2, -0.15) is 0 Å². The number of carbonyl (C=O) groups excluding carboxylic acids is 1.